The van der Waals surface area contributed by atoms with Gasteiger partial charge in [-0.2, -0.15) is 0 Å². The Labute approximate surface area is 191 Å². The quantitative estimate of drug-likeness (QED) is 0.299. The van der Waals surface area contributed by atoms with Crippen molar-refractivity contribution < 1.29 is 0 Å². The number of nitrogens with one attached hydrogen (secondary N) is 1. The standard InChI is InChI=1S/C31H27N/c1-3-30(32-31-19-11-18-29(23-31)26-14-8-5-9-15-26)21-20-24(2)27-16-10-17-28(22-27)25-12-6-4-7-13-25/h3-23,32H,1H2,2H3/b24-20+,30-21+. The van der Waals surface area contributed by atoms with E-state index in [1.807, 2.05) is 18.2 Å². The maximum atomic E-state index is 3.98. The van der Waals surface area contributed by atoms with Crippen LogP contribution in [0.3, 0.4) is 0 Å². The first-order valence-electron chi connectivity index (χ1n) is 10.8. The normalized spacial score (nSPS) is 11.8. The Bertz CT molecular complexity index is 1250. The molecule has 0 atom stereocenters. The Balaban J connectivity index is 1.54. The molecule has 0 saturated heterocycles. The van der Waals surface area contributed by atoms with Crippen LogP contribution in [0.25, 0.3) is 27.8 Å². The molecule has 0 unspecified atom stereocenters. The Morgan fingerprint density at radius 2 is 1.19 bits per heavy atom. The van der Waals surface area contributed by atoms with E-state index >= 15 is 0 Å². The van der Waals surface area contributed by atoms with E-state index in [4.69, 9.17) is 0 Å². The minimum absolute atomic E-state index is 0.953. The van der Waals surface area contributed by atoms with Crippen molar-refractivity contribution in [3.8, 4) is 22.3 Å². The van der Waals surface area contributed by atoms with E-state index in [-0.39, 0.29) is 0 Å². The second-order valence-electron chi connectivity index (χ2n) is 7.69. The van der Waals surface area contributed by atoms with Gasteiger partial charge in [0.2, 0.25) is 0 Å². The monoisotopic (exact) mass is 413 g/mol. The van der Waals surface area contributed by atoms with Gasteiger partial charge in [-0.1, -0.05) is 104 Å². The molecule has 0 aliphatic heterocycles. The molecule has 0 bridgehead atoms. The summed E-state index contributed by atoms with van der Waals surface area (Å²) in [7, 11) is 0. The van der Waals surface area contributed by atoms with Gasteiger partial charge in [0.05, 0.1) is 0 Å². The van der Waals surface area contributed by atoms with Gasteiger partial charge in [0, 0.05) is 11.4 Å². The average Bonchev–Trinajstić information content (AvgIpc) is 2.87. The third kappa shape index (κ3) is 5.33. The van der Waals surface area contributed by atoms with Gasteiger partial charge in [-0.15, -0.1) is 0 Å². The number of rotatable bonds is 7. The fraction of sp³-hybridized carbons (Fsp3) is 0.0323. The van der Waals surface area contributed by atoms with Gasteiger partial charge in [-0.05, 0) is 70.7 Å². The van der Waals surface area contributed by atoms with Crippen molar-refractivity contribution in [2.24, 2.45) is 0 Å². The smallest absolute Gasteiger partial charge is 0.0390 e. The van der Waals surface area contributed by atoms with Gasteiger partial charge in [0.1, 0.15) is 0 Å². The number of benzene rings is 4. The van der Waals surface area contributed by atoms with E-state index in [1.165, 1.54) is 33.4 Å². The summed E-state index contributed by atoms with van der Waals surface area (Å²) in [5, 5.41) is 3.48. The average molecular weight is 414 g/mol. The van der Waals surface area contributed by atoms with E-state index in [0.717, 1.165) is 11.4 Å². The zero-order valence-electron chi connectivity index (χ0n) is 18.3. The van der Waals surface area contributed by atoms with Crippen molar-refractivity contribution in [2.45, 2.75) is 6.92 Å². The first kappa shape index (κ1) is 21.1. The first-order chi connectivity index (χ1) is 15.7. The molecule has 0 aliphatic rings. The molecule has 4 rings (SSSR count). The van der Waals surface area contributed by atoms with Crippen LogP contribution in [-0.2, 0) is 0 Å². The molecule has 32 heavy (non-hydrogen) atoms. The molecule has 1 nitrogen and oxygen atoms in total. The van der Waals surface area contributed by atoms with E-state index in [9.17, 15) is 0 Å². The second-order valence-corrected chi connectivity index (χ2v) is 7.69. The highest BCUT2D eigenvalue weighted by atomic mass is 14.9. The van der Waals surface area contributed by atoms with Crippen LogP contribution < -0.4 is 5.32 Å². The summed E-state index contributed by atoms with van der Waals surface area (Å²) < 4.78 is 0. The molecule has 0 heterocycles. The van der Waals surface area contributed by atoms with E-state index in [2.05, 4.69) is 128 Å². The molecule has 0 amide bonds. The SMILES string of the molecule is C=C/C(=C\C=C(/C)c1cccc(-c2ccccc2)c1)Nc1cccc(-c2ccccc2)c1. The van der Waals surface area contributed by atoms with Gasteiger partial charge >= 0.3 is 0 Å². The highest BCUT2D eigenvalue weighted by molar-refractivity contribution is 5.73. The van der Waals surface area contributed by atoms with Gasteiger partial charge in [-0.3, -0.25) is 0 Å². The molecule has 0 spiro atoms. The predicted molar refractivity (Wildman–Crippen MR) is 139 cm³/mol. The summed E-state index contributed by atoms with van der Waals surface area (Å²) in [6, 6.07) is 38.0. The van der Waals surface area contributed by atoms with Crippen LogP contribution >= 0.6 is 0 Å². The maximum Gasteiger partial charge on any atom is 0.0390 e. The van der Waals surface area contributed by atoms with Gasteiger partial charge in [0.25, 0.3) is 0 Å². The van der Waals surface area contributed by atoms with Crippen molar-refractivity contribution in [1.29, 1.82) is 0 Å². The summed E-state index contributed by atoms with van der Waals surface area (Å²) in [6.45, 7) is 6.12. The van der Waals surface area contributed by atoms with Crippen LogP contribution in [0.4, 0.5) is 5.69 Å². The lowest BCUT2D eigenvalue weighted by molar-refractivity contribution is 1.47. The number of anilines is 1. The van der Waals surface area contributed by atoms with Crippen molar-refractivity contribution in [3.05, 3.63) is 145 Å². The molecule has 0 aromatic heterocycles. The van der Waals surface area contributed by atoms with Gasteiger partial charge in [-0.25, -0.2) is 0 Å². The molecule has 1 heteroatoms. The van der Waals surface area contributed by atoms with E-state index in [1.54, 1.807) is 0 Å². The first-order valence-corrected chi connectivity index (χ1v) is 10.8. The topological polar surface area (TPSA) is 12.0 Å². The summed E-state index contributed by atoms with van der Waals surface area (Å²) in [4.78, 5) is 0. The lowest BCUT2D eigenvalue weighted by Gasteiger charge is -2.10. The second kappa shape index (κ2) is 10.3. The molecule has 4 aromatic carbocycles. The van der Waals surface area contributed by atoms with Crippen LogP contribution in [0.5, 0.6) is 0 Å². The highest BCUT2D eigenvalue weighted by Gasteiger charge is 2.02. The fourth-order valence-corrected chi connectivity index (χ4v) is 3.62. The molecule has 0 fully saturated rings. The minimum atomic E-state index is 0.953. The number of hydrogen-bond donors (Lipinski definition) is 1. The zero-order chi connectivity index (χ0) is 22.2. The maximum absolute atomic E-state index is 3.98. The van der Waals surface area contributed by atoms with Gasteiger partial charge < -0.3 is 5.32 Å². The predicted octanol–water partition coefficient (Wildman–Crippen LogP) is 8.61. The van der Waals surface area contributed by atoms with Crippen LogP contribution in [0.15, 0.2) is 140 Å². The van der Waals surface area contributed by atoms with Crippen LogP contribution in [0, 0.1) is 0 Å². The molecule has 156 valence electrons. The number of hydrogen-bond acceptors (Lipinski definition) is 1. The summed E-state index contributed by atoms with van der Waals surface area (Å²) in [5.74, 6) is 0. The van der Waals surface area contributed by atoms with Crippen molar-refractivity contribution in [1.82, 2.24) is 0 Å². The molecule has 0 saturated carbocycles. The lowest BCUT2D eigenvalue weighted by Crippen LogP contribution is -1.96. The minimum Gasteiger partial charge on any atom is -0.356 e. The summed E-state index contributed by atoms with van der Waals surface area (Å²) >= 11 is 0. The zero-order valence-corrected chi connectivity index (χ0v) is 18.3. The van der Waals surface area contributed by atoms with Crippen molar-refractivity contribution in [3.63, 3.8) is 0 Å². The number of allylic oxidation sites excluding steroid dienone is 4. The van der Waals surface area contributed by atoms with Gasteiger partial charge in [0.15, 0.2) is 0 Å². The Hall–Kier alpha value is -4.10. The van der Waals surface area contributed by atoms with Crippen LogP contribution in [0.1, 0.15) is 12.5 Å². The molecule has 0 radical (unpaired) electrons. The Morgan fingerprint density at radius 1 is 0.625 bits per heavy atom. The van der Waals surface area contributed by atoms with E-state index in [0.29, 0.717) is 0 Å². The molecular formula is C31H27N. The van der Waals surface area contributed by atoms with Crippen LogP contribution in [-0.4, -0.2) is 0 Å². The largest absolute Gasteiger partial charge is 0.356 e. The van der Waals surface area contributed by atoms with Crippen molar-refractivity contribution >= 4 is 11.3 Å². The summed E-state index contributed by atoms with van der Waals surface area (Å²) in [6.07, 6.45) is 6.06. The third-order valence-corrected chi connectivity index (χ3v) is 5.42. The lowest BCUT2D eigenvalue weighted by atomic mass is 9.99. The molecular weight excluding hydrogens is 386 g/mol. The Kier molecular flexibility index (Phi) is 6.79. The molecule has 4 aromatic rings. The van der Waals surface area contributed by atoms with Crippen LogP contribution in [0.2, 0.25) is 0 Å². The third-order valence-electron chi connectivity index (χ3n) is 5.42. The summed E-state index contributed by atoms with van der Waals surface area (Å²) in [5.41, 5.74) is 9.23. The molecule has 1 N–H and O–H groups in total. The Morgan fingerprint density at radius 3 is 1.81 bits per heavy atom. The van der Waals surface area contributed by atoms with Crippen molar-refractivity contribution in [2.75, 3.05) is 5.32 Å². The highest BCUT2D eigenvalue weighted by Crippen LogP contribution is 2.25. The fourth-order valence-electron chi connectivity index (χ4n) is 3.62. The van der Waals surface area contributed by atoms with E-state index < -0.39 is 0 Å². The molecule has 0 aliphatic carbocycles.